The fraction of sp³-hybridized carbons (Fsp3) is 0.750. The van der Waals surface area contributed by atoms with Crippen molar-refractivity contribution in [3.8, 4) is 0 Å². The van der Waals surface area contributed by atoms with Gasteiger partial charge in [0.15, 0.2) is 0 Å². The SMILES string of the molecule is CC1CNC(=O)NC(C)CNC(=O)NC(C)CNC(=O)NC(C)CNC(=O)N1. The number of hydrogen-bond acceptors (Lipinski definition) is 4. The molecule has 8 N–H and O–H groups in total. The lowest BCUT2D eigenvalue weighted by Crippen LogP contribution is -2.54. The van der Waals surface area contributed by atoms with Gasteiger partial charge in [0.1, 0.15) is 0 Å². The van der Waals surface area contributed by atoms with Crippen molar-refractivity contribution in [2.75, 3.05) is 26.2 Å². The number of carbonyl (C=O) groups excluding carboxylic acids is 4. The highest BCUT2D eigenvalue weighted by Gasteiger charge is 2.15. The molecule has 160 valence electrons. The first-order valence-corrected chi connectivity index (χ1v) is 9.33. The highest BCUT2D eigenvalue weighted by Crippen LogP contribution is 1.86. The van der Waals surface area contributed by atoms with E-state index in [1.807, 2.05) is 0 Å². The second-order valence-corrected chi connectivity index (χ2v) is 7.02. The molecule has 12 heteroatoms. The smallest absolute Gasteiger partial charge is 0.315 e. The van der Waals surface area contributed by atoms with Gasteiger partial charge in [-0.1, -0.05) is 0 Å². The van der Waals surface area contributed by atoms with Crippen LogP contribution < -0.4 is 42.5 Å². The van der Waals surface area contributed by atoms with E-state index in [-0.39, 0.29) is 50.3 Å². The molecule has 0 spiro atoms. The van der Waals surface area contributed by atoms with Crippen molar-refractivity contribution in [2.45, 2.75) is 51.9 Å². The molecule has 8 amide bonds. The summed E-state index contributed by atoms with van der Waals surface area (Å²) in [4.78, 5) is 47.5. The van der Waals surface area contributed by atoms with Gasteiger partial charge in [-0.2, -0.15) is 0 Å². The van der Waals surface area contributed by atoms with Crippen molar-refractivity contribution in [2.24, 2.45) is 0 Å². The van der Waals surface area contributed by atoms with Gasteiger partial charge in [0.25, 0.3) is 0 Å². The minimum atomic E-state index is -0.396. The Morgan fingerprint density at radius 2 is 0.643 bits per heavy atom. The van der Waals surface area contributed by atoms with E-state index in [1.165, 1.54) is 0 Å². The summed E-state index contributed by atoms with van der Waals surface area (Å²) in [5.41, 5.74) is 0. The van der Waals surface area contributed by atoms with Gasteiger partial charge in [-0.25, -0.2) is 19.2 Å². The number of carbonyl (C=O) groups is 4. The van der Waals surface area contributed by atoms with Crippen LogP contribution in [0.15, 0.2) is 0 Å². The predicted octanol–water partition coefficient (Wildman–Crippen LogP) is -1.25. The van der Waals surface area contributed by atoms with Crippen LogP contribution in [0.3, 0.4) is 0 Å². The third kappa shape index (κ3) is 10.3. The summed E-state index contributed by atoms with van der Waals surface area (Å²) >= 11 is 0. The zero-order chi connectivity index (χ0) is 21.1. The highest BCUT2D eigenvalue weighted by atomic mass is 16.2. The average molecular weight is 400 g/mol. The number of hydrogen-bond donors (Lipinski definition) is 8. The van der Waals surface area contributed by atoms with Gasteiger partial charge in [-0.3, -0.25) is 0 Å². The molecule has 0 aromatic heterocycles. The largest absolute Gasteiger partial charge is 0.336 e. The Morgan fingerprint density at radius 3 is 0.821 bits per heavy atom. The van der Waals surface area contributed by atoms with Crippen LogP contribution in [0, 0.1) is 0 Å². The molecule has 0 aromatic carbocycles. The lowest BCUT2D eigenvalue weighted by molar-refractivity contribution is 0.226. The number of rotatable bonds is 0. The number of urea groups is 4. The Balaban J connectivity index is 2.64. The zero-order valence-electron chi connectivity index (χ0n) is 16.8. The van der Waals surface area contributed by atoms with Crippen LogP contribution in [-0.2, 0) is 0 Å². The molecule has 0 saturated carbocycles. The molecule has 0 radical (unpaired) electrons. The highest BCUT2D eigenvalue weighted by molar-refractivity contribution is 5.77. The molecule has 4 atom stereocenters. The molecule has 4 unspecified atom stereocenters. The van der Waals surface area contributed by atoms with Crippen molar-refractivity contribution >= 4 is 24.1 Å². The molecule has 1 rings (SSSR count). The summed E-state index contributed by atoms with van der Waals surface area (Å²) in [5.74, 6) is 0. The lowest BCUT2D eigenvalue weighted by atomic mass is 10.3. The molecular weight excluding hydrogens is 368 g/mol. The zero-order valence-corrected chi connectivity index (χ0v) is 16.8. The lowest BCUT2D eigenvalue weighted by Gasteiger charge is -2.21. The minimum Gasteiger partial charge on any atom is -0.336 e. The Kier molecular flexibility index (Phi) is 9.68. The minimum absolute atomic E-state index is 0.230. The van der Waals surface area contributed by atoms with Gasteiger partial charge < -0.3 is 42.5 Å². The van der Waals surface area contributed by atoms with Crippen LogP contribution in [0.2, 0.25) is 0 Å². The van der Waals surface area contributed by atoms with Crippen LogP contribution in [0.4, 0.5) is 19.2 Å². The van der Waals surface area contributed by atoms with Crippen molar-refractivity contribution in [1.29, 1.82) is 0 Å². The Bertz CT molecular complexity index is 463. The molecular formula is C16H32N8O4. The Labute approximate surface area is 164 Å². The molecule has 0 aromatic rings. The average Bonchev–Trinajstić information content (AvgIpc) is 2.60. The van der Waals surface area contributed by atoms with Gasteiger partial charge >= 0.3 is 24.1 Å². The van der Waals surface area contributed by atoms with E-state index in [1.54, 1.807) is 27.7 Å². The molecule has 1 aliphatic rings. The molecule has 0 bridgehead atoms. The van der Waals surface area contributed by atoms with Gasteiger partial charge in [0.05, 0.1) is 0 Å². The summed E-state index contributed by atoms with van der Waals surface area (Å²) in [6.07, 6.45) is 0. The molecule has 1 heterocycles. The fourth-order valence-corrected chi connectivity index (χ4v) is 2.29. The van der Waals surface area contributed by atoms with Crippen molar-refractivity contribution < 1.29 is 19.2 Å². The van der Waals surface area contributed by atoms with Gasteiger partial charge in [-0.15, -0.1) is 0 Å². The first kappa shape index (κ1) is 23.1. The monoisotopic (exact) mass is 400 g/mol. The Hall–Kier alpha value is -2.92. The molecule has 28 heavy (non-hydrogen) atoms. The van der Waals surface area contributed by atoms with Crippen molar-refractivity contribution in [3.63, 3.8) is 0 Å². The summed E-state index contributed by atoms with van der Waals surface area (Å²) in [6, 6.07) is -2.79. The van der Waals surface area contributed by atoms with Crippen molar-refractivity contribution in [1.82, 2.24) is 42.5 Å². The molecule has 0 aliphatic carbocycles. The van der Waals surface area contributed by atoms with E-state index in [0.29, 0.717) is 0 Å². The summed E-state index contributed by atoms with van der Waals surface area (Å²) in [7, 11) is 0. The number of amides is 8. The second kappa shape index (κ2) is 11.7. The van der Waals surface area contributed by atoms with E-state index >= 15 is 0 Å². The first-order chi connectivity index (χ1) is 13.2. The van der Waals surface area contributed by atoms with Crippen LogP contribution in [0.25, 0.3) is 0 Å². The van der Waals surface area contributed by atoms with Crippen LogP contribution in [-0.4, -0.2) is 74.5 Å². The van der Waals surface area contributed by atoms with E-state index in [2.05, 4.69) is 42.5 Å². The fourth-order valence-electron chi connectivity index (χ4n) is 2.29. The maximum absolute atomic E-state index is 11.9. The maximum Gasteiger partial charge on any atom is 0.315 e. The standard InChI is InChI=1S/C16H32N8O4/c1-9-5-17-14(26)22-11(3)7-19-16(28)24-12(4)8-20-15(27)23-10(2)6-18-13(25)21-9/h9-12H,5-8H2,1-4H3,(H2,18,21,25)(H2,17,22,26)(H2,20,23,27)(H2,19,24,28). The second-order valence-electron chi connectivity index (χ2n) is 7.02. The molecule has 1 saturated heterocycles. The topological polar surface area (TPSA) is 165 Å². The predicted molar refractivity (Wildman–Crippen MR) is 104 cm³/mol. The molecule has 12 nitrogen and oxygen atoms in total. The maximum atomic E-state index is 11.9. The third-order valence-corrected chi connectivity index (χ3v) is 3.79. The van der Waals surface area contributed by atoms with Gasteiger partial charge in [-0.05, 0) is 27.7 Å². The number of nitrogens with one attached hydrogen (secondary N) is 8. The normalized spacial score (nSPS) is 29.3. The third-order valence-electron chi connectivity index (χ3n) is 3.79. The van der Waals surface area contributed by atoms with Gasteiger partial charge in [0.2, 0.25) is 0 Å². The van der Waals surface area contributed by atoms with Crippen LogP contribution in [0.5, 0.6) is 0 Å². The molecule has 1 aliphatic heterocycles. The van der Waals surface area contributed by atoms with Crippen molar-refractivity contribution in [3.05, 3.63) is 0 Å². The Morgan fingerprint density at radius 1 is 0.464 bits per heavy atom. The summed E-state index contributed by atoms with van der Waals surface area (Å²) in [6.45, 7) is 7.91. The quantitative estimate of drug-likeness (QED) is 0.255. The van der Waals surface area contributed by atoms with Crippen LogP contribution in [0.1, 0.15) is 27.7 Å². The van der Waals surface area contributed by atoms with E-state index in [9.17, 15) is 19.2 Å². The summed E-state index contributed by atoms with van der Waals surface area (Å²) in [5, 5.41) is 21.4. The molecule has 1 fully saturated rings. The first-order valence-electron chi connectivity index (χ1n) is 9.33. The van der Waals surface area contributed by atoms with Crippen LogP contribution >= 0.6 is 0 Å². The van der Waals surface area contributed by atoms with E-state index < -0.39 is 24.1 Å². The van der Waals surface area contributed by atoms with Gasteiger partial charge in [0, 0.05) is 50.3 Å². The summed E-state index contributed by atoms with van der Waals surface area (Å²) < 4.78 is 0. The van der Waals surface area contributed by atoms with E-state index in [4.69, 9.17) is 0 Å². The van der Waals surface area contributed by atoms with E-state index in [0.717, 1.165) is 0 Å².